The van der Waals surface area contributed by atoms with Crippen LogP contribution in [0.1, 0.15) is 11.1 Å². The van der Waals surface area contributed by atoms with Crippen molar-refractivity contribution < 1.29 is 18.3 Å². The van der Waals surface area contributed by atoms with Gasteiger partial charge in [0.15, 0.2) is 0 Å². The first kappa shape index (κ1) is 11.4. The summed E-state index contributed by atoms with van der Waals surface area (Å²) in [7, 11) is 1.48. The van der Waals surface area contributed by atoms with E-state index >= 15 is 0 Å². The van der Waals surface area contributed by atoms with Crippen molar-refractivity contribution in [2.45, 2.75) is 17.7 Å². The standard InChI is InChI=1S/C10H9ClO4S/c11-16(14,15)9-2-1-6-3-8(10(12)13)4-7(6)5-9/h1-2,5,8H,3-4H2,(H,12,13)/t8-/m0/s1. The molecule has 0 aliphatic heterocycles. The van der Waals surface area contributed by atoms with E-state index in [4.69, 9.17) is 15.8 Å². The van der Waals surface area contributed by atoms with Gasteiger partial charge in [-0.1, -0.05) is 6.07 Å². The highest BCUT2D eigenvalue weighted by Gasteiger charge is 2.28. The summed E-state index contributed by atoms with van der Waals surface area (Å²) < 4.78 is 22.2. The molecular weight excluding hydrogens is 252 g/mol. The Kier molecular flexibility index (Phi) is 2.67. The van der Waals surface area contributed by atoms with Gasteiger partial charge < -0.3 is 5.11 Å². The molecule has 0 unspecified atom stereocenters. The molecule has 1 N–H and O–H groups in total. The molecule has 0 bridgehead atoms. The molecule has 1 atom stereocenters. The largest absolute Gasteiger partial charge is 0.481 e. The van der Waals surface area contributed by atoms with E-state index in [2.05, 4.69) is 0 Å². The van der Waals surface area contributed by atoms with Gasteiger partial charge in [0.1, 0.15) is 0 Å². The fourth-order valence-electron chi connectivity index (χ4n) is 1.92. The predicted molar refractivity (Wildman–Crippen MR) is 58.0 cm³/mol. The van der Waals surface area contributed by atoms with Crippen LogP contribution in [0, 0.1) is 5.92 Å². The Morgan fingerprint density at radius 1 is 1.31 bits per heavy atom. The van der Waals surface area contributed by atoms with Gasteiger partial charge in [-0.25, -0.2) is 8.42 Å². The fourth-order valence-corrected chi connectivity index (χ4v) is 2.72. The highest BCUT2D eigenvalue weighted by atomic mass is 35.7. The van der Waals surface area contributed by atoms with E-state index in [0.717, 1.165) is 11.1 Å². The van der Waals surface area contributed by atoms with E-state index in [1.165, 1.54) is 12.1 Å². The Bertz CT molecular complexity index is 550. The maximum absolute atomic E-state index is 11.1. The maximum Gasteiger partial charge on any atom is 0.307 e. The van der Waals surface area contributed by atoms with Crippen molar-refractivity contribution in [1.82, 2.24) is 0 Å². The summed E-state index contributed by atoms with van der Waals surface area (Å²) in [6.45, 7) is 0. The van der Waals surface area contributed by atoms with Crippen LogP contribution in [-0.4, -0.2) is 19.5 Å². The van der Waals surface area contributed by atoms with Gasteiger partial charge in [-0.05, 0) is 36.1 Å². The summed E-state index contributed by atoms with van der Waals surface area (Å²) in [6.07, 6.45) is 0.818. The lowest BCUT2D eigenvalue weighted by Crippen LogP contribution is -2.12. The third-order valence-corrected chi connectivity index (χ3v) is 4.09. The number of rotatable bonds is 2. The van der Waals surface area contributed by atoms with Gasteiger partial charge in [-0.2, -0.15) is 0 Å². The zero-order valence-electron chi connectivity index (χ0n) is 8.18. The molecule has 4 nitrogen and oxygen atoms in total. The lowest BCUT2D eigenvalue weighted by atomic mass is 10.1. The molecule has 1 aromatic carbocycles. The van der Waals surface area contributed by atoms with Crippen LogP contribution in [0.4, 0.5) is 0 Å². The van der Waals surface area contributed by atoms with Crippen molar-refractivity contribution >= 4 is 25.7 Å². The second kappa shape index (κ2) is 3.75. The van der Waals surface area contributed by atoms with E-state index in [-0.39, 0.29) is 4.90 Å². The van der Waals surface area contributed by atoms with Crippen molar-refractivity contribution in [3.8, 4) is 0 Å². The molecule has 1 aromatic rings. The molecule has 0 spiro atoms. The Morgan fingerprint density at radius 2 is 1.94 bits per heavy atom. The van der Waals surface area contributed by atoms with Gasteiger partial charge in [0.25, 0.3) is 9.05 Å². The second-order valence-corrected chi connectivity index (χ2v) is 6.38. The smallest absolute Gasteiger partial charge is 0.307 e. The number of hydrogen-bond donors (Lipinski definition) is 1. The molecule has 0 saturated carbocycles. The first-order valence-electron chi connectivity index (χ1n) is 4.67. The monoisotopic (exact) mass is 260 g/mol. The number of carbonyl (C=O) groups is 1. The van der Waals surface area contributed by atoms with Crippen LogP contribution in [0.3, 0.4) is 0 Å². The predicted octanol–water partition coefficient (Wildman–Crippen LogP) is 1.41. The molecule has 0 radical (unpaired) electrons. The van der Waals surface area contributed by atoms with Crippen molar-refractivity contribution in [2.24, 2.45) is 5.92 Å². The average molecular weight is 261 g/mol. The summed E-state index contributed by atoms with van der Waals surface area (Å²) in [4.78, 5) is 10.8. The number of aliphatic carboxylic acids is 1. The van der Waals surface area contributed by atoms with E-state index < -0.39 is 20.9 Å². The molecule has 0 saturated heterocycles. The van der Waals surface area contributed by atoms with Crippen LogP contribution in [-0.2, 0) is 26.7 Å². The lowest BCUT2D eigenvalue weighted by Gasteiger charge is -2.00. The van der Waals surface area contributed by atoms with E-state index in [1.807, 2.05) is 0 Å². The van der Waals surface area contributed by atoms with Crippen LogP contribution in [0.25, 0.3) is 0 Å². The topological polar surface area (TPSA) is 71.4 Å². The Morgan fingerprint density at radius 3 is 2.50 bits per heavy atom. The van der Waals surface area contributed by atoms with Crippen molar-refractivity contribution in [2.75, 3.05) is 0 Å². The number of halogens is 1. The minimum Gasteiger partial charge on any atom is -0.481 e. The molecule has 16 heavy (non-hydrogen) atoms. The quantitative estimate of drug-likeness (QED) is 0.816. The van der Waals surface area contributed by atoms with Crippen LogP contribution < -0.4 is 0 Å². The Labute approximate surface area is 97.3 Å². The van der Waals surface area contributed by atoms with Gasteiger partial charge in [-0.3, -0.25) is 4.79 Å². The summed E-state index contributed by atoms with van der Waals surface area (Å²) >= 11 is 0. The highest BCUT2D eigenvalue weighted by molar-refractivity contribution is 8.13. The Balaban J connectivity index is 2.39. The van der Waals surface area contributed by atoms with Gasteiger partial charge in [0.2, 0.25) is 0 Å². The van der Waals surface area contributed by atoms with Crippen molar-refractivity contribution in [3.63, 3.8) is 0 Å². The van der Waals surface area contributed by atoms with E-state index in [0.29, 0.717) is 12.8 Å². The zero-order valence-corrected chi connectivity index (χ0v) is 9.75. The van der Waals surface area contributed by atoms with Crippen molar-refractivity contribution in [1.29, 1.82) is 0 Å². The Hall–Kier alpha value is -1.07. The van der Waals surface area contributed by atoms with Crippen LogP contribution >= 0.6 is 10.7 Å². The molecule has 2 rings (SSSR count). The maximum atomic E-state index is 11.1. The van der Waals surface area contributed by atoms with Gasteiger partial charge >= 0.3 is 5.97 Å². The van der Waals surface area contributed by atoms with Crippen molar-refractivity contribution in [3.05, 3.63) is 29.3 Å². The third-order valence-electron chi connectivity index (χ3n) is 2.74. The minimum atomic E-state index is -3.74. The molecule has 86 valence electrons. The first-order valence-corrected chi connectivity index (χ1v) is 6.98. The zero-order chi connectivity index (χ0) is 11.9. The number of fused-ring (bicyclic) bond motifs is 1. The highest BCUT2D eigenvalue weighted by Crippen LogP contribution is 2.29. The normalized spacial score (nSPS) is 19.4. The summed E-state index contributed by atoms with van der Waals surface area (Å²) in [5, 5.41) is 8.87. The molecule has 0 amide bonds. The average Bonchev–Trinajstić information content (AvgIpc) is 2.58. The molecule has 1 aliphatic rings. The molecule has 1 aliphatic carbocycles. The van der Waals surface area contributed by atoms with Gasteiger partial charge in [-0.15, -0.1) is 0 Å². The summed E-state index contributed by atoms with van der Waals surface area (Å²) in [6, 6.07) is 4.50. The first-order chi connectivity index (χ1) is 7.38. The molecule has 0 aromatic heterocycles. The van der Waals surface area contributed by atoms with Crippen LogP contribution in [0.15, 0.2) is 23.1 Å². The minimum absolute atomic E-state index is 0.0268. The number of hydrogen-bond acceptors (Lipinski definition) is 3. The fraction of sp³-hybridized carbons (Fsp3) is 0.300. The second-order valence-electron chi connectivity index (χ2n) is 3.81. The molecular formula is C10H9ClO4S. The number of carboxylic acid groups (broad SMARTS) is 1. The third kappa shape index (κ3) is 2.05. The van der Waals surface area contributed by atoms with Gasteiger partial charge in [0, 0.05) is 10.7 Å². The summed E-state index contributed by atoms with van der Waals surface area (Å²) in [5.74, 6) is -1.31. The van der Waals surface area contributed by atoms with Crippen LogP contribution in [0.5, 0.6) is 0 Å². The molecule has 0 heterocycles. The van der Waals surface area contributed by atoms with Gasteiger partial charge in [0.05, 0.1) is 10.8 Å². The van der Waals surface area contributed by atoms with E-state index in [9.17, 15) is 13.2 Å². The lowest BCUT2D eigenvalue weighted by molar-refractivity contribution is -0.141. The molecule has 6 heteroatoms. The SMILES string of the molecule is O=C(O)[C@H]1Cc2ccc(S(=O)(=O)Cl)cc2C1. The van der Waals surface area contributed by atoms with Crippen LogP contribution in [0.2, 0.25) is 0 Å². The molecule has 0 fully saturated rings. The van der Waals surface area contributed by atoms with E-state index in [1.54, 1.807) is 6.07 Å². The summed E-state index contributed by atoms with van der Waals surface area (Å²) in [5.41, 5.74) is 1.64. The number of benzene rings is 1. The number of carboxylic acids is 1.